The Labute approximate surface area is 73.2 Å². The van der Waals surface area contributed by atoms with E-state index >= 15 is 0 Å². The van der Waals surface area contributed by atoms with E-state index in [1.54, 1.807) is 0 Å². The number of ether oxygens (including phenoxy) is 1. The third-order valence-corrected chi connectivity index (χ3v) is 2.68. The largest absolute Gasteiger partial charge is 0.383 e. The van der Waals surface area contributed by atoms with Crippen LogP contribution < -0.4 is 0 Å². The molecule has 0 amide bonds. The van der Waals surface area contributed by atoms with Gasteiger partial charge in [-0.1, -0.05) is 11.6 Å². The first kappa shape index (κ1) is 8.27. The zero-order chi connectivity index (χ0) is 8.77. The summed E-state index contributed by atoms with van der Waals surface area (Å²) in [6, 6.07) is 0. The van der Waals surface area contributed by atoms with Gasteiger partial charge in [-0.05, 0) is 33.1 Å². The number of fused-ring (bicyclic) bond motifs is 1. The third kappa shape index (κ3) is 1.29. The lowest BCUT2D eigenvalue weighted by atomic mass is 9.84. The van der Waals surface area contributed by atoms with Crippen LogP contribution in [-0.2, 0) is 4.74 Å². The fraction of sp³-hybridized carbons (Fsp3) is 0.800. The first-order chi connectivity index (χ1) is 5.62. The molecule has 1 aliphatic carbocycles. The van der Waals surface area contributed by atoms with Crippen LogP contribution in [0, 0.1) is 0 Å². The van der Waals surface area contributed by atoms with E-state index in [4.69, 9.17) is 4.74 Å². The maximum Gasteiger partial charge on any atom is 0.116 e. The zero-order valence-corrected chi connectivity index (χ0v) is 7.71. The summed E-state index contributed by atoms with van der Waals surface area (Å²) in [6.45, 7) is 4.04. The summed E-state index contributed by atoms with van der Waals surface area (Å²) in [5.41, 5.74) is 0.524. The molecule has 1 saturated carbocycles. The van der Waals surface area contributed by atoms with Crippen LogP contribution >= 0.6 is 0 Å². The van der Waals surface area contributed by atoms with Gasteiger partial charge < -0.3 is 9.84 Å². The summed E-state index contributed by atoms with van der Waals surface area (Å²) in [5, 5.41) is 10.2. The van der Waals surface area contributed by atoms with Crippen LogP contribution in [0.5, 0.6) is 0 Å². The van der Waals surface area contributed by atoms with E-state index in [-0.39, 0.29) is 6.10 Å². The lowest BCUT2D eigenvalue weighted by molar-refractivity contribution is 0.0453. The molecule has 0 aromatic heterocycles. The second-order valence-electron chi connectivity index (χ2n) is 4.20. The van der Waals surface area contributed by atoms with E-state index in [0.717, 1.165) is 19.3 Å². The molecule has 0 aromatic rings. The van der Waals surface area contributed by atoms with E-state index < -0.39 is 5.60 Å². The molecule has 0 spiro atoms. The van der Waals surface area contributed by atoms with Crippen LogP contribution in [0.3, 0.4) is 0 Å². The smallest absolute Gasteiger partial charge is 0.116 e. The number of epoxide rings is 1. The van der Waals surface area contributed by atoms with Crippen molar-refractivity contribution in [1.82, 2.24) is 0 Å². The van der Waals surface area contributed by atoms with Crippen molar-refractivity contribution < 1.29 is 9.84 Å². The number of hydrogen-bond donors (Lipinski definition) is 1. The molecule has 2 fully saturated rings. The highest BCUT2D eigenvalue weighted by molar-refractivity contribution is 5.17. The summed E-state index contributed by atoms with van der Waals surface area (Å²) in [4.78, 5) is 0. The molecule has 1 aliphatic heterocycles. The van der Waals surface area contributed by atoms with E-state index in [2.05, 4.69) is 0 Å². The topological polar surface area (TPSA) is 32.8 Å². The fourth-order valence-corrected chi connectivity index (χ4v) is 2.18. The fourth-order valence-electron chi connectivity index (χ4n) is 2.18. The minimum absolute atomic E-state index is 0.0983. The molecule has 0 bridgehead atoms. The molecule has 1 unspecified atom stereocenters. The van der Waals surface area contributed by atoms with Crippen molar-refractivity contribution in [3.63, 3.8) is 0 Å². The summed E-state index contributed by atoms with van der Waals surface area (Å²) < 4.78 is 5.40. The normalized spacial score (nSPS) is 44.9. The predicted octanol–water partition coefficient (Wildman–Crippen LogP) is 1.64. The Kier molecular flexibility index (Phi) is 1.77. The van der Waals surface area contributed by atoms with E-state index in [9.17, 15) is 5.11 Å². The zero-order valence-electron chi connectivity index (χ0n) is 7.71. The number of allylic oxidation sites excluding steroid dienone is 1. The van der Waals surface area contributed by atoms with E-state index in [0.29, 0.717) is 6.10 Å². The van der Waals surface area contributed by atoms with Gasteiger partial charge in [-0.2, -0.15) is 0 Å². The number of hydrogen-bond acceptors (Lipinski definition) is 2. The minimum atomic E-state index is -0.651. The Bertz CT molecular complexity index is 218. The van der Waals surface area contributed by atoms with Crippen LogP contribution in [-0.4, -0.2) is 22.9 Å². The second kappa shape index (κ2) is 2.57. The Morgan fingerprint density at radius 3 is 3.00 bits per heavy atom. The molecule has 1 heterocycles. The lowest BCUT2D eigenvalue weighted by Gasteiger charge is -2.26. The van der Waals surface area contributed by atoms with Crippen LogP contribution in [0.4, 0.5) is 0 Å². The molecule has 12 heavy (non-hydrogen) atoms. The van der Waals surface area contributed by atoms with Gasteiger partial charge in [0.05, 0.1) is 6.10 Å². The molecule has 2 nitrogen and oxygen atoms in total. The molecule has 2 aliphatic rings. The van der Waals surface area contributed by atoms with Crippen molar-refractivity contribution in [3.8, 4) is 0 Å². The van der Waals surface area contributed by atoms with Gasteiger partial charge in [0.1, 0.15) is 11.7 Å². The Hall–Kier alpha value is -0.340. The van der Waals surface area contributed by atoms with Crippen molar-refractivity contribution in [2.45, 2.75) is 50.9 Å². The number of aliphatic hydroxyl groups is 1. The average Bonchev–Trinajstić information content (AvgIpc) is 2.64. The van der Waals surface area contributed by atoms with Crippen molar-refractivity contribution in [3.05, 3.63) is 11.6 Å². The monoisotopic (exact) mass is 168 g/mol. The van der Waals surface area contributed by atoms with Crippen molar-refractivity contribution in [2.24, 2.45) is 0 Å². The minimum Gasteiger partial charge on any atom is -0.383 e. The van der Waals surface area contributed by atoms with Gasteiger partial charge in [0.2, 0.25) is 0 Å². The van der Waals surface area contributed by atoms with Crippen LogP contribution in [0.25, 0.3) is 0 Å². The van der Waals surface area contributed by atoms with Gasteiger partial charge in [0.25, 0.3) is 0 Å². The highest BCUT2D eigenvalue weighted by Crippen LogP contribution is 2.44. The van der Waals surface area contributed by atoms with Crippen LogP contribution in [0.15, 0.2) is 11.6 Å². The van der Waals surface area contributed by atoms with Gasteiger partial charge in [-0.25, -0.2) is 0 Å². The van der Waals surface area contributed by atoms with Gasteiger partial charge in [0.15, 0.2) is 0 Å². The standard InChI is InChI=1S/C10H16O2/c1-7(2)6-10(11)5-3-4-8-9(10)12-8/h6,8-9,11H,3-5H2,1-2H3/t8-,9+,10?/m0/s1. The van der Waals surface area contributed by atoms with Crippen molar-refractivity contribution >= 4 is 0 Å². The van der Waals surface area contributed by atoms with E-state index in [1.165, 1.54) is 5.57 Å². The van der Waals surface area contributed by atoms with Crippen LogP contribution in [0.2, 0.25) is 0 Å². The number of rotatable bonds is 1. The SMILES string of the molecule is CC(C)=CC1(O)CCC[C@@H]2O[C@H]21. The summed E-state index contributed by atoms with van der Waals surface area (Å²) >= 11 is 0. The Morgan fingerprint density at radius 1 is 1.58 bits per heavy atom. The molecule has 68 valence electrons. The van der Waals surface area contributed by atoms with Gasteiger partial charge in [-0.15, -0.1) is 0 Å². The summed E-state index contributed by atoms with van der Waals surface area (Å²) in [7, 11) is 0. The van der Waals surface area contributed by atoms with Gasteiger partial charge in [0, 0.05) is 0 Å². The summed E-state index contributed by atoms with van der Waals surface area (Å²) in [6.07, 6.45) is 5.47. The molecular weight excluding hydrogens is 152 g/mol. The third-order valence-electron chi connectivity index (χ3n) is 2.68. The summed E-state index contributed by atoms with van der Waals surface area (Å²) in [5.74, 6) is 0. The molecular formula is C10H16O2. The van der Waals surface area contributed by atoms with Gasteiger partial charge >= 0.3 is 0 Å². The van der Waals surface area contributed by atoms with Gasteiger partial charge in [-0.3, -0.25) is 0 Å². The molecule has 2 rings (SSSR count). The molecule has 2 heteroatoms. The average molecular weight is 168 g/mol. The molecule has 3 atom stereocenters. The Morgan fingerprint density at radius 2 is 2.33 bits per heavy atom. The first-order valence-electron chi connectivity index (χ1n) is 4.66. The van der Waals surface area contributed by atoms with E-state index in [1.807, 2.05) is 19.9 Å². The van der Waals surface area contributed by atoms with Crippen LogP contribution in [0.1, 0.15) is 33.1 Å². The van der Waals surface area contributed by atoms with Crippen molar-refractivity contribution in [2.75, 3.05) is 0 Å². The maximum absolute atomic E-state index is 10.2. The molecule has 0 aromatic carbocycles. The molecule has 0 radical (unpaired) electrons. The highest BCUT2D eigenvalue weighted by Gasteiger charge is 2.54. The van der Waals surface area contributed by atoms with Crippen molar-refractivity contribution in [1.29, 1.82) is 0 Å². The molecule has 1 saturated heterocycles. The predicted molar refractivity (Wildman–Crippen MR) is 46.9 cm³/mol. The second-order valence-corrected chi connectivity index (χ2v) is 4.20. The molecule has 1 N–H and O–H groups in total. The maximum atomic E-state index is 10.2. The highest BCUT2D eigenvalue weighted by atomic mass is 16.6. The quantitative estimate of drug-likeness (QED) is 0.477. The lowest BCUT2D eigenvalue weighted by Crippen LogP contribution is -2.37. The Balaban J connectivity index is 2.14. The first-order valence-corrected chi connectivity index (χ1v) is 4.66.